The van der Waals surface area contributed by atoms with Crippen LogP contribution < -0.4 is 5.32 Å². The van der Waals surface area contributed by atoms with E-state index < -0.39 is 0 Å². The summed E-state index contributed by atoms with van der Waals surface area (Å²) >= 11 is 6.50. The summed E-state index contributed by atoms with van der Waals surface area (Å²) in [6, 6.07) is 9.90. The molecular formula is C16H15Br2F2N. The Kier molecular flexibility index (Phi) is 5.90. The van der Waals surface area contributed by atoms with Gasteiger partial charge in [-0.05, 0) is 74.2 Å². The predicted molar refractivity (Wildman–Crippen MR) is 88.3 cm³/mol. The Morgan fingerprint density at radius 1 is 1.10 bits per heavy atom. The number of rotatable bonds is 5. The van der Waals surface area contributed by atoms with Crippen LogP contribution in [0.1, 0.15) is 24.1 Å². The maximum absolute atomic E-state index is 13.7. The van der Waals surface area contributed by atoms with E-state index in [1.165, 1.54) is 12.1 Å². The summed E-state index contributed by atoms with van der Waals surface area (Å²) in [6.07, 6.45) is 0.648. The van der Waals surface area contributed by atoms with Crippen LogP contribution in [0.15, 0.2) is 45.3 Å². The van der Waals surface area contributed by atoms with Gasteiger partial charge in [0.2, 0.25) is 0 Å². The molecule has 0 aliphatic carbocycles. The van der Waals surface area contributed by atoms with Crippen molar-refractivity contribution in [3.8, 4) is 0 Å². The SMILES string of the molecule is CCNC(Cc1ccc(F)c(Br)c1)c1cccc(F)c1Br. The van der Waals surface area contributed by atoms with Crippen LogP contribution in [-0.2, 0) is 6.42 Å². The van der Waals surface area contributed by atoms with E-state index in [4.69, 9.17) is 0 Å². The molecule has 21 heavy (non-hydrogen) atoms. The molecule has 0 saturated heterocycles. The Morgan fingerprint density at radius 2 is 1.86 bits per heavy atom. The molecule has 1 nitrogen and oxygen atoms in total. The first-order valence-corrected chi connectivity index (χ1v) is 8.22. The van der Waals surface area contributed by atoms with E-state index in [1.54, 1.807) is 18.2 Å². The number of hydrogen-bond donors (Lipinski definition) is 1. The molecule has 0 aliphatic heterocycles. The van der Waals surface area contributed by atoms with Crippen LogP contribution in [0.3, 0.4) is 0 Å². The van der Waals surface area contributed by atoms with Crippen molar-refractivity contribution in [3.63, 3.8) is 0 Å². The molecule has 0 spiro atoms. The molecule has 2 rings (SSSR count). The molecule has 1 N–H and O–H groups in total. The molecule has 0 radical (unpaired) electrons. The number of likely N-dealkylation sites (N-methyl/N-ethyl adjacent to an activating group) is 1. The molecule has 0 bridgehead atoms. The standard InChI is InChI=1S/C16H15Br2F2N/c1-2-21-15(11-4-3-5-14(20)16(11)18)9-10-6-7-13(19)12(17)8-10/h3-8,15,21H,2,9H2,1H3. The average Bonchev–Trinajstić information content (AvgIpc) is 2.45. The monoisotopic (exact) mass is 417 g/mol. The van der Waals surface area contributed by atoms with Crippen molar-refractivity contribution in [2.45, 2.75) is 19.4 Å². The van der Waals surface area contributed by atoms with Gasteiger partial charge in [-0.25, -0.2) is 8.78 Å². The number of benzene rings is 2. The highest BCUT2D eigenvalue weighted by molar-refractivity contribution is 9.10. The van der Waals surface area contributed by atoms with Gasteiger partial charge in [0.15, 0.2) is 0 Å². The summed E-state index contributed by atoms with van der Waals surface area (Å²) in [5, 5.41) is 3.34. The molecule has 2 aromatic carbocycles. The summed E-state index contributed by atoms with van der Waals surface area (Å²) in [5.74, 6) is -0.568. The quantitative estimate of drug-likeness (QED) is 0.686. The highest BCUT2D eigenvalue weighted by atomic mass is 79.9. The maximum Gasteiger partial charge on any atom is 0.137 e. The molecule has 0 aromatic heterocycles. The third-order valence-electron chi connectivity index (χ3n) is 3.23. The normalized spacial score (nSPS) is 12.4. The highest BCUT2D eigenvalue weighted by Gasteiger charge is 2.17. The lowest BCUT2D eigenvalue weighted by Gasteiger charge is -2.20. The molecular weight excluding hydrogens is 404 g/mol. The molecule has 0 fully saturated rings. The molecule has 2 aromatic rings. The van der Waals surface area contributed by atoms with Crippen LogP contribution >= 0.6 is 31.9 Å². The van der Waals surface area contributed by atoms with E-state index in [9.17, 15) is 8.78 Å². The van der Waals surface area contributed by atoms with Crippen molar-refractivity contribution in [3.05, 3.63) is 68.1 Å². The zero-order valence-corrected chi connectivity index (χ0v) is 14.6. The van der Waals surface area contributed by atoms with Crippen LogP contribution in [0.25, 0.3) is 0 Å². The van der Waals surface area contributed by atoms with Gasteiger partial charge in [0.05, 0.1) is 8.95 Å². The third kappa shape index (κ3) is 4.11. The van der Waals surface area contributed by atoms with Crippen LogP contribution in [0.4, 0.5) is 8.78 Å². The lowest BCUT2D eigenvalue weighted by atomic mass is 9.98. The van der Waals surface area contributed by atoms with Gasteiger partial charge >= 0.3 is 0 Å². The van der Waals surface area contributed by atoms with E-state index in [2.05, 4.69) is 37.2 Å². The first-order valence-electron chi connectivity index (χ1n) is 6.64. The fourth-order valence-corrected chi connectivity index (χ4v) is 3.20. The number of nitrogens with one attached hydrogen (secondary N) is 1. The molecule has 1 atom stereocenters. The Hall–Kier alpha value is -0.780. The Balaban J connectivity index is 2.30. The second kappa shape index (κ2) is 7.47. The average molecular weight is 419 g/mol. The molecule has 5 heteroatoms. The number of halogens is 4. The predicted octanol–water partition coefficient (Wildman–Crippen LogP) is 5.38. The van der Waals surface area contributed by atoms with Gasteiger partial charge in [0.1, 0.15) is 11.6 Å². The van der Waals surface area contributed by atoms with Crippen molar-refractivity contribution in [2.24, 2.45) is 0 Å². The maximum atomic E-state index is 13.7. The van der Waals surface area contributed by atoms with Gasteiger partial charge in [-0.1, -0.05) is 25.1 Å². The smallest absolute Gasteiger partial charge is 0.137 e. The summed E-state index contributed by atoms with van der Waals surface area (Å²) in [6.45, 7) is 2.76. The van der Waals surface area contributed by atoms with Gasteiger partial charge in [0.25, 0.3) is 0 Å². The third-order valence-corrected chi connectivity index (χ3v) is 4.68. The van der Waals surface area contributed by atoms with Gasteiger partial charge in [-0.2, -0.15) is 0 Å². The van der Waals surface area contributed by atoms with E-state index in [0.717, 1.165) is 17.7 Å². The fourth-order valence-electron chi connectivity index (χ4n) is 2.23. The zero-order valence-electron chi connectivity index (χ0n) is 11.5. The van der Waals surface area contributed by atoms with Crippen molar-refractivity contribution in [1.29, 1.82) is 0 Å². The van der Waals surface area contributed by atoms with E-state index in [-0.39, 0.29) is 17.7 Å². The van der Waals surface area contributed by atoms with E-state index >= 15 is 0 Å². The van der Waals surface area contributed by atoms with Gasteiger partial charge in [-0.15, -0.1) is 0 Å². The Bertz CT molecular complexity index is 632. The van der Waals surface area contributed by atoms with Crippen molar-refractivity contribution < 1.29 is 8.78 Å². The van der Waals surface area contributed by atoms with Crippen molar-refractivity contribution in [2.75, 3.05) is 6.54 Å². The highest BCUT2D eigenvalue weighted by Crippen LogP contribution is 2.29. The topological polar surface area (TPSA) is 12.0 Å². The molecule has 0 heterocycles. The first kappa shape index (κ1) is 16.6. The van der Waals surface area contributed by atoms with E-state index in [1.807, 2.05) is 13.0 Å². The van der Waals surface area contributed by atoms with Crippen molar-refractivity contribution in [1.82, 2.24) is 5.32 Å². The van der Waals surface area contributed by atoms with Crippen molar-refractivity contribution >= 4 is 31.9 Å². The first-order chi connectivity index (χ1) is 10.0. The van der Waals surface area contributed by atoms with Crippen LogP contribution in [-0.4, -0.2) is 6.54 Å². The minimum Gasteiger partial charge on any atom is -0.310 e. The lowest BCUT2D eigenvalue weighted by molar-refractivity contribution is 0.537. The minimum atomic E-state index is -0.286. The van der Waals surface area contributed by atoms with Gasteiger partial charge in [0, 0.05) is 6.04 Å². The summed E-state index contributed by atoms with van der Waals surface area (Å²) in [7, 11) is 0. The number of hydrogen-bond acceptors (Lipinski definition) is 1. The minimum absolute atomic E-state index is 0.0440. The summed E-state index contributed by atoms with van der Waals surface area (Å²) in [4.78, 5) is 0. The molecule has 0 aliphatic rings. The molecule has 112 valence electrons. The Morgan fingerprint density at radius 3 is 2.52 bits per heavy atom. The summed E-state index contributed by atoms with van der Waals surface area (Å²) in [5.41, 5.74) is 1.84. The Labute approximate surface area is 140 Å². The van der Waals surface area contributed by atoms with Crippen LogP contribution in [0.5, 0.6) is 0 Å². The van der Waals surface area contributed by atoms with Gasteiger partial charge < -0.3 is 5.32 Å². The van der Waals surface area contributed by atoms with Gasteiger partial charge in [-0.3, -0.25) is 0 Å². The second-order valence-electron chi connectivity index (χ2n) is 4.71. The fraction of sp³-hybridized carbons (Fsp3) is 0.250. The molecule has 1 unspecified atom stereocenters. The molecule has 0 saturated carbocycles. The lowest BCUT2D eigenvalue weighted by Crippen LogP contribution is -2.23. The second-order valence-corrected chi connectivity index (χ2v) is 6.35. The van der Waals surface area contributed by atoms with E-state index in [0.29, 0.717) is 15.4 Å². The summed E-state index contributed by atoms with van der Waals surface area (Å²) < 4.78 is 27.9. The van der Waals surface area contributed by atoms with Crippen LogP contribution in [0, 0.1) is 11.6 Å². The zero-order chi connectivity index (χ0) is 15.4. The largest absolute Gasteiger partial charge is 0.310 e. The van der Waals surface area contributed by atoms with Crippen LogP contribution in [0.2, 0.25) is 0 Å². The molecule has 0 amide bonds.